The molecule has 0 aliphatic carbocycles. The van der Waals surface area contributed by atoms with Crippen LogP contribution >= 0.6 is 27.5 Å². The average molecular weight is 371 g/mol. The lowest BCUT2D eigenvalue weighted by atomic mass is 10.1. The predicted octanol–water partition coefficient (Wildman–Crippen LogP) is 5.21. The number of aryl methyl sites for hydroxylation is 2. The third kappa shape index (κ3) is 3.74. The smallest absolute Gasteiger partial charge is 0.269 e. The molecule has 0 spiro atoms. The Morgan fingerprint density at radius 2 is 1.86 bits per heavy atom. The number of benzene rings is 2. The second-order valence-electron chi connectivity index (χ2n) is 4.69. The molecule has 0 saturated heterocycles. The molecule has 4 nitrogen and oxygen atoms in total. The van der Waals surface area contributed by atoms with Crippen molar-refractivity contribution in [3.8, 4) is 5.75 Å². The zero-order valence-corrected chi connectivity index (χ0v) is 13.9. The molecule has 2 aromatic rings. The van der Waals surface area contributed by atoms with Crippen molar-refractivity contribution >= 4 is 33.2 Å². The number of nitro benzene ring substituents is 1. The van der Waals surface area contributed by atoms with E-state index in [4.69, 9.17) is 16.3 Å². The Hall–Kier alpha value is -1.59. The van der Waals surface area contributed by atoms with E-state index < -0.39 is 4.92 Å². The first kappa shape index (κ1) is 15.8. The first-order valence-electron chi connectivity index (χ1n) is 6.21. The lowest BCUT2D eigenvalue weighted by molar-refractivity contribution is -0.384. The van der Waals surface area contributed by atoms with E-state index >= 15 is 0 Å². The molecule has 0 aromatic heterocycles. The third-order valence-electron chi connectivity index (χ3n) is 3.04. The minimum absolute atomic E-state index is 0.00108. The van der Waals surface area contributed by atoms with E-state index in [1.807, 2.05) is 26.0 Å². The van der Waals surface area contributed by atoms with Crippen molar-refractivity contribution in [2.75, 3.05) is 0 Å². The van der Waals surface area contributed by atoms with Crippen LogP contribution in [0.25, 0.3) is 0 Å². The van der Waals surface area contributed by atoms with E-state index in [0.717, 1.165) is 15.6 Å². The number of hydrogen-bond donors (Lipinski definition) is 0. The Balaban J connectivity index is 2.20. The number of non-ortho nitro benzene ring substituents is 1. The summed E-state index contributed by atoms with van der Waals surface area (Å²) in [7, 11) is 0. The number of nitro groups is 1. The fraction of sp³-hybridized carbons (Fsp3) is 0.200. The monoisotopic (exact) mass is 369 g/mol. The number of rotatable bonds is 4. The summed E-state index contributed by atoms with van der Waals surface area (Å²) in [5, 5.41) is 11.2. The van der Waals surface area contributed by atoms with Gasteiger partial charge in [-0.3, -0.25) is 10.1 Å². The van der Waals surface area contributed by atoms with Gasteiger partial charge in [0.2, 0.25) is 0 Å². The molecule has 0 bridgehead atoms. The summed E-state index contributed by atoms with van der Waals surface area (Å²) in [6, 6.07) is 8.13. The number of halogens is 2. The van der Waals surface area contributed by atoms with Gasteiger partial charge in [0.1, 0.15) is 12.4 Å². The summed E-state index contributed by atoms with van der Waals surface area (Å²) in [5.41, 5.74) is 2.72. The van der Waals surface area contributed by atoms with Gasteiger partial charge in [0.05, 0.1) is 4.92 Å². The Morgan fingerprint density at radius 3 is 2.43 bits per heavy atom. The minimum atomic E-state index is -0.451. The summed E-state index contributed by atoms with van der Waals surface area (Å²) >= 11 is 9.54. The average Bonchev–Trinajstić information content (AvgIpc) is 2.43. The van der Waals surface area contributed by atoms with Gasteiger partial charge < -0.3 is 4.74 Å². The second-order valence-corrected chi connectivity index (χ2v) is 5.89. The lowest BCUT2D eigenvalue weighted by Gasteiger charge is -2.11. The summed E-state index contributed by atoms with van der Waals surface area (Å²) in [6.45, 7) is 4.13. The normalized spacial score (nSPS) is 10.5. The van der Waals surface area contributed by atoms with E-state index in [9.17, 15) is 10.1 Å². The highest BCUT2D eigenvalue weighted by molar-refractivity contribution is 9.10. The fourth-order valence-electron chi connectivity index (χ4n) is 1.94. The van der Waals surface area contributed by atoms with Crippen molar-refractivity contribution in [3.63, 3.8) is 0 Å². The fourth-order valence-corrected chi connectivity index (χ4v) is 2.34. The van der Waals surface area contributed by atoms with E-state index in [0.29, 0.717) is 16.3 Å². The van der Waals surface area contributed by atoms with Crippen LogP contribution in [0.4, 0.5) is 5.69 Å². The zero-order chi connectivity index (χ0) is 15.6. The van der Waals surface area contributed by atoms with Crippen molar-refractivity contribution in [2.45, 2.75) is 20.5 Å². The largest absolute Gasteiger partial charge is 0.489 e. The molecule has 0 fully saturated rings. The molecule has 0 saturated carbocycles. The Bertz CT molecular complexity index is 680. The standard InChI is InChI=1S/C15H13BrClNO3/c1-9-5-13(6-10(2)15(9)16)21-8-11-7-12(18(19)20)3-4-14(11)17/h3-7H,8H2,1-2H3. The van der Waals surface area contributed by atoms with E-state index in [1.165, 1.54) is 18.2 Å². The lowest BCUT2D eigenvalue weighted by Crippen LogP contribution is -1.99. The van der Waals surface area contributed by atoms with E-state index in [-0.39, 0.29) is 12.3 Å². The molecule has 0 amide bonds. The van der Waals surface area contributed by atoms with Crippen LogP contribution in [-0.4, -0.2) is 4.92 Å². The molecule has 0 atom stereocenters. The first-order valence-corrected chi connectivity index (χ1v) is 7.38. The quantitative estimate of drug-likeness (QED) is 0.548. The van der Waals surface area contributed by atoms with Crippen molar-refractivity contribution < 1.29 is 9.66 Å². The van der Waals surface area contributed by atoms with Crippen LogP contribution < -0.4 is 4.74 Å². The van der Waals surface area contributed by atoms with Crippen LogP contribution in [0, 0.1) is 24.0 Å². The summed E-state index contributed by atoms with van der Waals surface area (Å²) < 4.78 is 6.74. The van der Waals surface area contributed by atoms with Gasteiger partial charge in [0.15, 0.2) is 0 Å². The molecule has 0 radical (unpaired) electrons. The van der Waals surface area contributed by atoms with E-state index in [2.05, 4.69) is 15.9 Å². The van der Waals surface area contributed by atoms with Crippen LogP contribution in [0.5, 0.6) is 5.75 Å². The molecule has 0 heterocycles. The highest BCUT2D eigenvalue weighted by Crippen LogP contribution is 2.28. The molecular formula is C15H13BrClNO3. The molecule has 0 unspecified atom stereocenters. The highest BCUT2D eigenvalue weighted by Gasteiger charge is 2.11. The molecule has 2 rings (SSSR count). The molecular weight excluding hydrogens is 358 g/mol. The van der Waals surface area contributed by atoms with Crippen molar-refractivity contribution in [3.05, 3.63) is 66.6 Å². The SMILES string of the molecule is Cc1cc(OCc2cc([N+](=O)[O-])ccc2Cl)cc(C)c1Br. The molecule has 110 valence electrons. The molecule has 0 aliphatic heterocycles. The van der Waals surface area contributed by atoms with E-state index in [1.54, 1.807) is 0 Å². The van der Waals surface area contributed by atoms with Crippen molar-refractivity contribution in [2.24, 2.45) is 0 Å². The zero-order valence-electron chi connectivity index (χ0n) is 11.5. The maximum Gasteiger partial charge on any atom is 0.269 e. The molecule has 6 heteroatoms. The summed E-state index contributed by atoms with van der Waals surface area (Å²) in [5.74, 6) is 0.704. The van der Waals surface area contributed by atoms with Gasteiger partial charge in [-0.2, -0.15) is 0 Å². The molecule has 2 aromatic carbocycles. The number of ether oxygens (including phenoxy) is 1. The van der Waals surface area contributed by atoms with Crippen LogP contribution in [0.3, 0.4) is 0 Å². The van der Waals surface area contributed by atoms with Gasteiger partial charge in [-0.15, -0.1) is 0 Å². The van der Waals surface area contributed by atoms with Crippen molar-refractivity contribution in [1.82, 2.24) is 0 Å². The van der Waals surface area contributed by atoms with Gasteiger partial charge in [0, 0.05) is 27.2 Å². The van der Waals surface area contributed by atoms with Crippen molar-refractivity contribution in [1.29, 1.82) is 0 Å². The summed E-state index contributed by atoms with van der Waals surface area (Å²) in [4.78, 5) is 10.3. The Labute approximate surface area is 136 Å². The summed E-state index contributed by atoms with van der Waals surface area (Å²) in [6.07, 6.45) is 0. The minimum Gasteiger partial charge on any atom is -0.489 e. The Kier molecular flexibility index (Phi) is 4.85. The van der Waals surface area contributed by atoms with Gasteiger partial charge in [-0.05, 0) is 43.2 Å². The topological polar surface area (TPSA) is 52.4 Å². The number of nitrogens with zero attached hydrogens (tertiary/aromatic N) is 1. The molecule has 0 aliphatic rings. The van der Waals surface area contributed by atoms with Crippen LogP contribution in [-0.2, 0) is 6.61 Å². The molecule has 21 heavy (non-hydrogen) atoms. The van der Waals surface area contributed by atoms with Crippen LogP contribution in [0.15, 0.2) is 34.8 Å². The second kappa shape index (κ2) is 6.45. The van der Waals surface area contributed by atoms with Gasteiger partial charge in [-0.25, -0.2) is 0 Å². The Morgan fingerprint density at radius 1 is 1.24 bits per heavy atom. The highest BCUT2D eigenvalue weighted by atomic mass is 79.9. The maximum atomic E-state index is 10.8. The predicted molar refractivity (Wildman–Crippen MR) is 86.1 cm³/mol. The van der Waals surface area contributed by atoms with Crippen LogP contribution in [0.1, 0.15) is 16.7 Å². The first-order chi connectivity index (χ1) is 9.88. The van der Waals surface area contributed by atoms with Gasteiger partial charge >= 0.3 is 0 Å². The third-order valence-corrected chi connectivity index (χ3v) is 4.66. The molecule has 0 N–H and O–H groups in total. The number of hydrogen-bond acceptors (Lipinski definition) is 3. The van der Waals surface area contributed by atoms with Crippen LogP contribution in [0.2, 0.25) is 5.02 Å². The van der Waals surface area contributed by atoms with Gasteiger partial charge in [0.25, 0.3) is 5.69 Å². The van der Waals surface area contributed by atoms with Gasteiger partial charge in [-0.1, -0.05) is 27.5 Å². The maximum absolute atomic E-state index is 10.8.